The molecule has 5 N–H and O–H groups in total. The standard InChI is InChI=1S/C13H14N4O3/c14-12(19)11(18)7-15-13(20)10-6-9(16-17-10)8-4-2-1-3-5-8/h1-6,11,18H,7H2,(H2,14,19)(H,15,20)(H,16,17). The monoisotopic (exact) mass is 274 g/mol. The molecule has 20 heavy (non-hydrogen) atoms. The number of aromatic amines is 1. The van der Waals surface area contributed by atoms with E-state index < -0.39 is 17.9 Å². The fraction of sp³-hybridized carbons (Fsp3) is 0.154. The second kappa shape index (κ2) is 5.98. The third-order valence-corrected chi connectivity index (χ3v) is 2.68. The molecule has 2 aromatic rings. The summed E-state index contributed by atoms with van der Waals surface area (Å²) in [5, 5.41) is 18.2. The molecule has 0 aliphatic heterocycles. The van der Waals surface area contributed by atoms with Crippen LogP contribution in [0.25, 0.3) is 11.3 Å². The Morgan fingerprint density at radius 3 is 2.70 bits per heavy atom. The van der Waals surface area contributed by atoms with Gasteiger partial charge in [0, 0.05) is 5.56 Å². The van der Waals surface area contributed by atoms with Gasteiger partial charge in [0.1, 0.15) is 11.8 Å². The van der Waals surface area contributed by atoms with Crippen molar-refractivity contribution >= 4 is 11.8 Å². The Kier molecular flexibility index (Phi) is 4.11. The lowest BCUT2D eigenvalue weighted by molar-refractivity contribution is -0.125. The summed E-state index contributed by atoms with van der Waals surface area (Å²) >= 11 is 0. The molecule has 0 spiro atoms. The SMILES string of the molecule is NC(=O)C(O)CNC(=O)c1cc(-c2ccccc2)n[nH]1. The van der Waals surface area contributed by atoms with Crippen LogP contribution in [0.4, 0.5) is 0 Å². The van der Waals surface area contributed by atoms with Gasteiger partial charge in [0.05, 0.1) is 12.2 Å². The van der Waals surface area contributed by atoms with E-state index in [0.717, 1.165) is 5.56 Å². The zero-order valence-corrected chi connectivity index (χ0v) is 10.5. The van der Waals surface area contributed by atoms with Gasteiger partial charge in [-0.25, -0.2) is 0 Å². The number of nitrogens with one attached hydrogen (secondary N) is 2. The average molecular weight is 274 g/mol. The van der Waals surface area contributed by atoms with E-state index in [1.807, 2.05) is 30.3 Å². The summed E-state index contributed by atoms with van der Waals surface area (Å²) in [4.78, 5) is 22.4. The number of carbonyl (C=O) groups excluding carboxylic acids is 2. The lowest BCUT2D eigenvalue weighted by Crippen LogP contribution is -2.40. The Bertz CT molecular complexity index is 609. The number of rotatable bonds is 5. The van der Waals surface area contributed by atoms with E-state index in [1.165, 1.54) is 0 Å². The van der Waals surface area contributed by atoms with Gasteiger partial charge in [0.15, 0.2) is 0 Å². The van der Waals surface area contributed by atoms with E-state index in [-0.39, 0.29) is 12.2 Å². The van der Waals surface area contributed by atoms with Crippen molar-refractivity contribution in [3.8, 4) is 11.3 Å². The van der Waals surface area contributed by atoms with Crippen LogP contribution >= 0.6 is 0 Å². The number of aliphatic hydroxyl groups is 1. The molecule has 0 saturated heterocycles. The first kappa shape index (κ1) is 13.8. The molecule has 2 amide bonds. The number of hydrogen-bond donors (Lipinski definition) is 4. The van der Waals surface area contributed by atoms with Crippen molar-refractivity contribution in [2.24, 2.45) is 5.73 Å². The largest absolute Gasteiger partial charge is 0.381 e. The predicted octanol–water partition coefficient (Wildman–Crippen LogP) is -0.347. The quantitative estimate of drug-likeness (QED) is 0.595. The molecule has 1 unspecified atom stereocenters. The minimum Gasteiger partial charge on any atom is -0.381 e. The first-order valence-corrected chi connectivity index (χ1v) is 5.94. The zero-order valence-electron chi connectivity index (χ0n) is 10.5. The number of amides is 2. The van der Waals surface area contributed by atoms with Crippen LogP contribution in [0.5, 0.6) is 0 Å². The van der Waals surface area contributed by atoms with E-state index in [4.69, 9.17) is 5.73 Å². The molecule has 2 rings (SSSR count). The van der Waals surface area contributed by atoms with Crippen molar-refractivity contribution in [3.05, 3.63) is 42.1 Å². The minimum absolute atomic E-state index is 0.237. The molecule has 1 aromatic heterocycles. The first-order valence-electron chi connectivity index (χ1n) is 5.94. The first-order chi connectivity index (χ1) is 9.58. The number of nitrogens with zero attached hydrogens (tertiary/aromatic N) is 1. The fourth-order valence-corrected chi connectivity index (χ4v) is 1.58. The Balaban J connectivity index is 2.02. The second-order valence-corrected chi connectivity index (χ2v) is 4.16. The number of aliphatic hydroxyl groups excluding tert-OH is 1. The third-order valence-electron chi connectivity index (χ3n) is 2.68. The Morgan fingerprint density at radius 1 is 1.35 bits per heavy atom. The van der Waals surface area contributed by atoms with E-state index in [2.05, 4.69) is 15.5 Å². The highest BCUT2D eigenvalue weighted by Crippen LogP contribution is 2.16. The number of carbonyl (C=O) groups is 2. The maximum atomic E-state index is 11.8. The van der Waals surface area contributed by atoms with Crippen LogP contribution in [0.2, 0.25) is 0 Å². The van der Waals surface area contributed by atoms with E-state index in [9.17, 15) is 14.7 Å². The smallest absolute Gasteiger partial charge is 0.269 e. The van der Waals surface area contributed by atoms with Gasteiger partial charge in [-0.05, 0) is 6.07 Å². The Morgan fingerprint density at radius 2 is 2.05 bits per heavy atom. The predicted molar refractivity (Wildman–Crippen MR) is 71.6 cm³/mol. The Hall–Kier alpha value is -2.67. The van der Waals surface area contributed by atoms with Gasteiger partial charge < -0.3 is 16.2 Å². The Labute approximate surface area is 114 Å². The number of hydrogen-bond acceptors (Lipinski definition) is 4. The minimum atomic E-state index is -1.41. The number of primary amides is 1. The molecule has 0 radical (unpaired) electrons. The van der Waals surface area contributed by atoms with Crippen LogP contribution in [0, 0.1) is 0 Å². The van der Waals surface area contributed by atoms with Gasteiger partial charge in [-0.2, -0.15) is 5.10 Å². The van der Waals surface area contributed by atoms with Crippen molar-refractivity contribution in [3.63, 3.8) is 0 Å². The lowest BCUT2D eigenvalue weighted by atomic mass is 10.1. The highest BCUT2D eigenvalue weighted by atomic mass is 16.3. The van der Waals surface area contributed by atoms with Crippen molar-refractivity contribution in [2.75, 3.05) is 6.54 Å². The molecule has 7 nitrogen and oxygen atoms in total. The number of aromatic nitrogens is 2. The maximum absolute atomic E-state index is 11.8. The average Bonchev–Trinajstić information content (AvgIpc) is 2.95. The van der Waals surface area contributed by atoms with Crippen molar-refractivity contribution in [1.29, 1.82) is 0 Å². The number of benzene rings is 1. The topological polar surface area (TPSA) is 121 Å². The van der Waals surface area contributed by atoms with Gasteiger partial charge in [-0.15, -0.1) is 0 Å². The van der Waals surface area contributed by atoms with E-state index >= 15 is 0 Å². The molecule has 1 atom stereocenters. The zero-order chi connectivity index (χ0) is 14.5. The summed E-state index contributed by atoms with van der Waals surface area (Å²) in [5.41, 5.74) is 6.62. The molecule has 0 fully saturated rings. The summed E-state index contributed by atoms with van der Waals surface area (Å²) in [5.74, 6) is -1.36. The lowest BCUT2D eigenvalue weighted by Gasteiger charge is -2.06. The van der Waals surface area contributed by atoms with Crippen molar-refractivity contribution in [2.45, 2.75) is 6.10 Å². The third kappa shape index (κ3) is 3.21. The number of H-pyrrole nitrogens is 1. The van der Waals surface area contributed by atoms with E-state index in [0.29, 0.717) is 5.69 Å². The van der Waals surface area contributed by atoms with Gasteiger partial charge in [0.2, 0.25) is 5.91 Å². The molecular weight excluding hydrogens is 260 g/mol. The molecule has 0 saturated carbocycles. The maximum Gasteiger partial charge on any atom is 0.269 e. The number of nitrogens with two attached hydrogens (primary N) is 1. The van der Waals surface area contributed by atoms with Gasteiger partial charge in [-0.3, -0.25) is 14.7 Å². The summed E-state index contributed by atoms with van der Waals surface area (Å²) in [6.45, 7) is -0.242. The molecule has 0 aliphatic rings. The van der Waals surface area contributed by atoms with E-state index in [1.54, 1.807) is 6.07 Å². The van der Waals surface area contributed by atoms with Crippen LogP contribution in [-0.4, -0.2) is 39.8 Å². The summed E-state index contributed by atoms with van der Waals surface area (Å²) in [6.07, 6.45) is -1.41. The van der Waals surface area contributed by atoms with Gasteiger partial charge in [-0.1, -0.05) is 30.3 Å². The normalized spacial score (nSPS) is 11.8. The molecule has 0 bridgehead atoms. The molecule has 0 aliphatic carbocycles. The van der Waals surface area contributed by atoms with Gasteiger partial charge in [0.25, 0.3) is 5.91 Å². The summed E-state index contributed by atoms with van der Waals surface area (Å²) in [6, 6.07) is 10.9. The summed E-state index contributed by atoms with van der Waals surface area (Å²) < 4.78 is 0. The fourth-order valence-electron chi connectivity index (χ4n) is 1.58. The van der Waals surface area contributed by atoms with Crippen LogP contribution in [0.3, 0.4) is 0 Å². The van der Waals surface area contributed by atoms with Gasteiger partial charge >= 0.3 is 0 Å². The van der Waals surface area contributed by atoms with Crippen LogP contribution in [-0.2, 0) is 4.79 Å². The van der Waals surface area contributed by atoms with Crippen molar-refractivity contribution < 1.29 is 14.7 Å². The summed E-state index contributed by atoms with van der Waals surface area (Å²) in [7, 11) is 0. The molecule has 7 heteroatoms. The second-order valence-electron chi connectivity index (χ2n) is 4.16. The molecule has 104 valence electrons. The molecule has 1 aromatic carbocycles. The van der Waals surface area contributed by atoms with Crippen LogP contribution in [0.15, 0.2) is 36.4 Å². The molecular formula is C13H14N4O3. The van der Waals surface area contributed by atoms with Crippen molar-refractivity contribution in [1.82, 2.24) is 15.5 Å². The molecule has 1 heterocycles. The highest BCUT2D eigenvalue weighted by Gasteiger charge is 2.15. The highest BCUT2D eigenvalue weighted by molar-refractivity contribution is 5.93. The van der Waals surface area contributed by atoms with Crippen LogP contribution in [0.1, 0.15) is 10.5 Å². The van der Waals surface area contributed by atoms with Crippen LogP contribution < -0.4 is 11.1 Å².